The molecule has 1 aliphatic carbocycles. The van der Waals surface area contributed by atoms with E-state index in [-0.39, 0.29) is 18.2 Å². The number of hydrogen-bond acceptors (Lipinski definition) is 7. The molecule has 2 aromatic rings. The second-order valence-corrected chi connectivity index (χ2v) is 4.59. The molecule has 0 bridgehead atoms. The van der Waals surface area contributed by atoms with Gasteiger partial charge in [0.2, 0.25) is 5.95 Å². The summed E-state index contributed by atoms with van der Waals surface area (Å²) in [4.78, 5) is 11.8. The molecule has 9 heteroatoms. The van der Waals surface area contributed by atoms with Crippen LogP contribution in [0, 0.1) is 0 Å². The molecule has 1 saturated carbocycles. The Morgan fingerprint density at radius 3 is 2.63 bits per heavy atom. The first-order valence-corrected chi connectivity index (χ1v) is 5.74. The zero-order valence-electron chi connectivity index (χ0n) is 9.81. The second-order valence-electron chi connectivity index (χ2n) is 4.59. The number of nitrogen functional groups attached to an aromatic ring is 2. The summed E-state index contributed by atoms with van der Waals surface area (Å²) in [6.45, 7) is 0. The Labute approximate surface area is 106 Å². The van der Waals surface area contributed by atoms with Crippen LogP contribution in [0.1, 0.15) is 12.5 Å². The molecule has 1 fully saturated rings. The van der Waals surface area contributed by atoms with Crippen molar-refractivity contribution < 1.29 is 14.6 Å². The summed E-state index contributed by atoms with van der Waals surface area (Å²) in [5, 5.41) is 19.3. The summed E-state index contributed by atoms with van der Waals surface area (Å²) >= 11 is 0. The predicted molar refractivity (Wildman–Crippen MR) is 64.7 cm³/mol. The van der Waals surface area contributed by atoms with Crippen LogP contribution in [0.5, 0.6) is 0 Å². The molecule has 8 nitrogen and oxygen atoms in total. The van der Waals surface area contributed by atoms with Gasteiger partial charge in [-0.05, 0) is 0 Å². The third-order valence-electron chi connectivity index (χ3n) is 3.40. The van der Waals surface area contributed by atoms with Crippen molar-refractivity contribution in [2.45, 2.75) is 30.8 Å². The molecule has 6 N–H and O–H groups in total. The fourth-order valence-electron chi connectivity index (χ4n) is 2.43. The van der Waals surface area contributed by atoms with Gasteiger partial charge < -0.3 is 26.2 Å². The van der Waals surface area contributed by atoms with E-state index in [2.05, 4.69) is 15.0 Å². The van der Waals surface area contributed by atoms with E-state index in [9.17, 15) is 14.6 Å². The Morgan fingerprint density at radius 1 is 1.26 bits per heavy atom. The Balaban J connectivity index is 2.11. The van der Waals surface area contributed by atoms with Crippen LogP contribution in [0.3, 0.4) is 0 Å². The van der Waals surface area contributed by atoms with Crippen molar-refractivity contribution in [3.05, 3.63) is 6.33 Å². The largest absolute Gasteiger partial charge is 0.388 e. The molecule has 19 heavy (non-hydrogen) atoms. The number of fused-ring (bicyclic) bond motifs is 1. The highest BCUT2D eigenvalue weighted by atomic mass is 19.1. The number of rotatable bonds is 1. The van der Waals surface area contributed by atoms with Crippen molar-refractivity contribution >= 4 is 22.9 Å². The first-order valence-electron chi connectivity index (χ1n) is 5.74. The van der Waals surface area contributed by atoms with Gasteiger partial charge in [0.15, 0.2) is 11.5 Å². The molecule has 0 amide bonds. The van der Waals surface area contributed by atoms with Gasteiger partial charge in [0.1, 0.15) is 23.9 Å². The maximum Gasteiger partial charge on any atom is 0.224 e. The average molecular weight is 268 g/mol. The molecule has 0 unspecified atom stereocenters. The van der Waals surface area contributed by atoms with E-state index >= 15 is 0 Å². The van der Waals surface area contributed by atoms with Crippen LogP contribution in [-0.4, -0.2) is 48.1 Å². The summed E-state index contributed by atoms with van der Waals surface area (Å²) in [6, 6.07) is -0.663. The predicted octanol–water partition coefficient (Wildman–Crippen LogP) is -1.00. The number of hydrogen-bond donors (Lipinski definition) is 4. The fraction of sp³-hybridized carbons (Fsp3) is 0.500. The lowest BCUT2D eigenvalue weighted by Crippen LogP contribution is -2.29. The number of alkyl halides is 1. The Bertz CT molecular complexity index is 632. The van der Waals surface area contributed by atoms with E-state index in [4.69, 9.17) is 11.5 Å². The third kappa shape index (κ3) is 1.70. The molecule has 1 aliphatic rings. The van der Waals surface area contributed by atoms with Gasteiger partial charge in [-0.25, -0.2) is 9.37 Å². The molecule has 0 aliphatic heterocycles. The number of halogens is 1. The van der Waals surface area contributed by atoms with E-state index in [1.54, 1.807) is 0 Å². The quantitative estimate of drug-likeness (QED) is 0.520. The molecule has 0 aromatic carbocycles. The van der Waals surface area contributed by atoms with Crippen LogP contribution in [0.15, 0.2) is 6.33 Å². The zero-order valence-corrected chi connectivity index (χ0v) is 9.81. The lowest BCUT2D eigenvalue weighted by molar-refractivity contribution is -0.000963. The van der Waals surface area contributed by atoms with E-state index in [0.717, 1.165) is 0 Å². The summed E-state index contributed by atoms with van der Waals surface area (Å²) < 4.78 is 14.9. The highest BCUT2D eigenvalue weighted by molar-refractivity contribution is 5.82. The topological polar surface area (TPSA) is 136 Å². The Hall–Kier alpha value is -2.00. The van der Waals surface area contributed by atoms with Gasteiger partial charge in [0.05, 0.1) is 12.4 Å². The Kier molecular flexibility index (Phi) is 2.54. The zero-order chi connectivity index (χ0) is 13.7. The summed E-state index contributed by atoms with van der Waals surface area (Å²) in [7, 11) is 0. The highest BCUT2D eigenvalue weighted by Crippen LogP contribution is 2.35. The minimum Gasteiger partial charge on any atom is -0.388 e. The van der Waals surface area contributed by atoms with Gasteiger partial charge in [-0.15, -0.1) is 0 Å². The molecule has 0 spiro atoms. The maximum atomic E-state index is 13.4. The van der Waals surface area contributed by atoms with Crippen molar-refractivity contribution in [2.75, 3.05) is 11.5 Å². The molecular weight excluding hydrogens is 255 g/mol. The lowest BCUT2D eigenvalue weighted by Gasteiger charge is -2.17. The summed E-state index contributed by atoms with van der Waals surface area (Å²) in [5.74, 6) is 0.0858. The number of aromatic nitrogens is 4. The molecule has 4 atom stereocenters. The number of aliphatic hydroxyl groups excluding tert-OH is 2. The van der Waals surface area contributed by atoms with Crippen molar-refractivity contribution in [3.63, 3.8) is 0 Å². The van der Waals surface area contributed by atoms with Crippen LogP contribution in [-0.2, 0) is 0 Å². The Morgan fingerprint density at radius 2 is 2.00 bits per heavy atom. The maximum absolute atomic E-state index is 13.4. The van der Waals surface area contributed by atoms with E-state index < -0.39 is 24.4 Å². The number of aliphatic hydroxyl groups is 2. The van der Waals surface area contributed by atoms with Crippen molar-refractivity contribution in [2.24, 2.45) is 0 Å². The standard InChI is InChI=1S/C10H13FN6O2/c11-3-1-4(7(19)6(3)18)17-2-14-5-8(12)15-10(13)16-9(5)17/h2-4,6-7,18-19H,1H2,(H4,12,13,15,16)/t3-,4+,6+,7-/m0/s1. The molecular formula is C10H13FN6O2. The van der Waals surface area contributed by atoms with E-state index in [1.807, 2.05) is 0 Å². The summed E-state index contributed by atoms with van der Waals surface area (Å²) in [5.41, 5.74) is 11.8. The van der Waals surface area contributed by atoms with Crippen LogP contribution in [0.25, 0.3) is 11.2 Å². The second kappa shape index (κ2) is 4.00. The summed E-state index contributed by atoms with van der Waals surface area (Å²) in [6.07, 6.45) is -2.79. The fourth-order valence-corrected chi connectivity index (χ4v) is 2.43. The average Bonchev–Trinajstić information content (AvgIpc) is 2.86. The highest BCUT2D eigenvalue weighted by Gasteiger charge is 2.43. The van der Waals surface area contributed by atoms with Crippen molar-refractivity contribution in [3.8, 4) is 0 Å². The van der Waals surface area contributed by atoms with Crippen molar-refractivity contribution in [1.82, 2.24) is 19.5 Å². The van der Waals surface area contributed by atoms with Crippen LogP contribution < -0.4 is 11.5 Å². The molecule has 3 rings (SSSR count). The molecule has 2 heterocycles. The van der Waals surface area contributed by atoms with E-state index in [1.165, 1.54) is 10.9 Å². The monoisotopic (exact) mass is 268 g/mol. The lowest BCUT2D eigenvalue weighted by atomic mass is 10.2. The molecule has 2 aromatic heterocycles. The minimum atomic E-state index is -1.49. The van der Waals surface area contributed by atoms with Crippen molar-refractivity contribution in [1.29, 1.82) is 0 Å². The van der Waals surface area contributed by atoms with Gasteiger partial charge >= 0.3 is 0 Å². The first-order chi connectivity index (χ1) is 8.99. The van der Waals surface area contributed by atoms with Gasteiger partial charge in [0, 0.05) is 6.42 Å². The normalized spacial score (nSPS) is 31.1. The van der Waals surface area contributed by atoms with Crippen LogP contribution in [0.4, 0.5) is 16.2 Å². The third-order valence-corrected chi connectivity index (χ3v) is 3.40. The van der Waals surface area contributed by atoms with Gasteiger partial charge in [-0.3, -0.25) is 0 Å². The number of anilines is 2. The van der Waals surface area contributed by atoms with Crippen LogP contribution >= 0.6 is 0 Å². The van der Waals surface area contributed by atoms with Gasteiger partial charge in [-0.2, -0.15) is 9.97 Å². The van der Waals surface area contributed by atoms with Crippen LogP contribution in [0.2, 0.25) is 0 Å². The SMILES string of the molecule is Nc1nc(N)c2ncn([C@@H]3C[C@H](F)[C@@H](O)[C@H]3O)c2n1. The van der Waals surface area contributed by atoms with Gasteiger partial charge in [-0.1, -0.05) is 0 Å². The molecule has 102 valence electrons. The first kappa shape index (κ1) is 12.1. The minimum absolute atomic E-state index is 0.0302. The molecule has 0 radical (unpaired) electrons. The molecule has 0 saturated heterocycles. The number of nitrogens with zero attached hydrogens (tertiary/aromatic N) is 4. The van der Waals surface area contributed by atoms with Gasteiger partial charge in [0.25, 0.3) is 0 Å². The van der Waals surface area contributed by atoms with E-state index in [0.29, 0.717) is 11.2 Å². The smallest absolute Gasteiger partial charge is 0.224 e. The number of nitrogens with two attached hydrogens (primary N) is 2. The number of imidazole rings is 1.